The molecule has 3 aromatic rings. The van der Waals surface area contributed by atoms with Gasteiger partial charge in [0.25, 0.3) is 15.9 Å². The first kappa shape index (κ1) is 29.6. The minimum absolute atomic E-state index is 0.0191. The maximum absolute atomic E-state index is 14.3. The number of ether oxygens (including phenoxy) is 1. The molecular weight excluding hydrogens is 562 g/mol. The van der Waals surface area contributed by atoms with E-state index in [4.69, 9.17) is 10.5 Å². The zero-order chi connectivity index (χ0) is 30.7. The molecule has 2 heterocycles. The van der Waals surface area contributed by atoms with E-state index in [0.29, 0.717) is 17.7 Å². The summed E-state index contributed by atoms with van der Waals surface area (Å²) in [5.41, 5.74) is 10.0. The Hall–Kier alpha value is -3.50. The summed E-state index contributed by atoms with van der Waals surface area (Å²) < 4.78 is 36.1. The standard InChI is InChI=1S/C33H41N5O4S/c1-20-8-6-9-21(2)29(20)27-13-28-36-31(35-27)37-43(40,41)26-11-7-10-22(12-26)30(39)38(25(19-42-28)16-32(3,4)5)24-17-33(18-24)14-23(34)15-33/h6-13,23-25H,14-19,34H2,1-5H3,(H,35,36,37)/t23-,24-,25-,33?/m1/s1. The van der Waals surface area contributed by atoms with Gasteiger partial charge in [-0.05, 0) is 86.1 Å². The lowest BCUT2D eigenvalue weighted by Crippen LogP contribution is -2.63. The molecule has 2 aromatic carbocycles. The summed E-state index contributed by atoms with van der Waals surface area (Å²) in [6.45, 7) is 10.7. The number of benzene rings is 2. The van der Waals surface area contributed by atoms with Gasteiger partial charge in [-0.3, -0.25) is 4.79 Å². The van der Waals surface area contributed by atoms with Crippen molar-refractivity contribution in [2.45, 2.75) is 89.7 Å². The Labute approximate surface area is 254 Å². The van der Waals surface area contributed by atoms with Gasteiger partial charge in [-0.25, -0.2) is 18.1 Å². The first-order chi connectivity index (χ1) is 20.2. The average Bonchev–Trinajstić information content (AvgIpc) is 2.88. The molecule has 2 aliphatic carbocycles. The van der Waals surface area contributed by atoms with E-state index in [1.807, 2.05) is 36.9 Å². The van der Waals surface area contributed by atoms with Gasteiger partial charge in [-0.2, -0.15) is 4.98 Å². The van der Waals surface area contributed by atoms with Gasteiger partial charge < -0.3 is 15.4 Å². The van der Waals surface area contributed by atoms with Gasteiger partial charge in [-0.1, -0.05) is 45.0 Å². The van der Waals surface area contributed by atoms with E-state index >= 15 is 0 Å². The van der Waals surface area contributed by atoms with E-state index in [9.17, 15) is 13.2 Å². The van der Waals surface area contributed by atoms with Crippen LogP contribution in [0, 0.1) is 24.7 Å². The van der Waals surface area contributed by atoms with E-state index in [1.54, 1.807) is 18.2 Å². The number of sulfonamides is 1. The molecule has 3 aliphatic rings. The molecule has 3 N–H and O–H groups in total. The monoisotopic (exact) mass is 603 g/mol. The van der Waals surface area contributed by atoms with Gasteiger partial charge >= 0.3 is 0 Å². The minimum atomic E-state index is -4.11. The predicted octanol–water partition coefficient (Wildman–Crippen LogP) is 5.47. The molecule has 1 atom stereocenters. The molecule has 1 aromatic heterocycles. The number of anilines is 1. The zero-order valence-electron chi connectivity index (χ0n) is 25.6. The summed E-state index contributed by atoms with van der Waals surface area (Å²) >= 11 is 0. The number of nitrogens with two attached hydrogens (primary N) is 1. The molecule has 9 nitrogen and oxygen atoms in total. The highest BCUT2D eigenvalue weighted by Gasteiger charge is 2.55. The Bertz CT molecular complexity index is 1650. The fourth-order valence-corrected chi connectivity index (χ4v) is 8.28. The van der Waals surface area contributed by atoms with Crippen molar-refractivity contribution in [1.29, 1.82) is 0 Å². The highest BCUT2D eigenvalue weighted by Crippen LogP contribution is 2.57. The van der Waals surface area contributed by atoms with Gasteiger partial charge in [0.2, 0.25) is 11.8 Å². The number of hydrogen-bond donors (Lipinski definition) is 2. The van der Waals surface area contributed by atoms with Gasteiger partial charge in [0.05, 0.1) is 16.6 Å². The first-order valence-corrected chi connectivity index (χ1v) is 16.5. The second-order valence-electron chi connectivity index (χ2n) is 14.0. The molecule has 1 aliphatic heterocycles. The first-order valence-electron chi connectivity index (χ1n) is 15.0. The summed E-state index contributed by atoms with van der Waals surface area (Å²) in [4.78, 5) is 25.4. The number of fused-ring (bicyclic) bond motifs is 4. The van der Waals surface area contributed by atoms with Crippen LogP contribution in [-0.2, 0) is 10.0 Å². The van der Waals surface area contributed by atoms with Crippen molar-refractivity contribution in [3.63, 3.8) is 0 Å². The van der Waals surface area contributed by atoms with Crippen LogP contribution >= 0.6 is 0 Å². The Morgan fingerprint density at radius 1 is 1.02 bits per heavy atom. The van der Waals surface area contributed by atoms with Crippen molar-refractivity contribution in [3.05, 3.63) is 65.2 Å². The number of aromatic nitrogens is 2. The summed E-state index contributed by atoms with van der Waals surface area (Å²) in [5, 5.41) is 0. The van der Waals surface area contributed by atoms with E-state index in [2.05, 4.69) is 35.5 Å². The number of nitrogens with one attached hydrogen (secondary N) is 1. The lowest BCUT2D eigenvalue weighted by atomic mass is 9.52. The topological polar surface area (TPSA) is 128 Å². The maximum atomic E-state index is 14.3. The molecule has 10 heteroatoms. The molecule has 1 amide bonds. The third kappa shape index (κ3) is 5.87. The third-order valence-corrected chi connectivity index (χ3v) is 10.4. The van der Waals surface area contributed by atoms with Crippen LogP contribution in [0.2, 0.25) is 0 Å². The smallest absolute Gasteiger partial charge is 0.264 e. The molecule has 2 fully saturated rings. The van der Waals surface area contributed by atoms with Crippen molar-refractivity contribution < 1.29 is 17.9 Å². The van der Waals surface area contributed by atoms with Gasteiger partial charge in [0.15, 0.2) is 0 Å². The van der Waals surface area contributed by atoms with E-state index < -0.39 is 10.0 Å². The van der Waals surface area contributed by atoms with E-state index in [-0.39, 0.29) is 58.2 Å². The van der Waals surface area contributed by atoms with Crippen LogP contribution in [0.5, 0.6) is 5.88 Å². The number of rotatable bonds is 3. The fraction of sp³-hybridized carbons (Fsp3) is 0.485. The quantitative estimate of drug-likeness (QED) is 0.406. The highest BCUT2D eigenvalue weighted by atomic mass is 32.2. The molecule has 4 bridgehead atoms. The Morgan fingerprint density at radius 3 is 2.35 bits per heavy atom. The normalized spacial score (nSPS) is 26.6. The predicted molar refractivity (Wildman–Crippen MR) is 166 cm³/mol. The summed E-state index contributed by atoms with van der Waals surface area (Å²) in [6.07, 6.45) is 4.44. The summed E-state index contributed by atoms with van der Waals surface area (Å²) in [7, 11) is -4.11. The lowest BCUT2D eigenvalue weighted by Gasteiger charge is -2.60. The zero-order valence-corrected chi connectivity index (χ0v) is 26.4. The summed E-state index contributed by atoms with van der Waals surface area (Å²) in [6, 6.07) is 13.9. The second kappa shape index (κ2) is 10.6. The average molecular weight is 604 g/mol. The second-order valence-corrected chi connectivity index (χ2v) is 15.7. The number of carbonyl (C=O) groups excluding carboxylic acids is 1. The molecule has 43 heavy (non-hydrogen) atoms. The molecule has 1 spiro atoms. The van der Waals surface area contributed by atoms with Crippen molar-refractivity contribution in [1.82, 2.24) is 14.9 Å². The Morgan fingerprint density at radius 2 is 1.70 bits per heavy atom. The van der Waals surface area contributed by atoms with Gasteiger partial charge in [-0.15, -0.1) is 0 Å². The van der Waals surface area contributed by atoms with Crippen LogP contribution in [0.1, 0.15) is 74.4 Å². The van der Waals surface area contributed by atoms with Crippen LogP contribution < -0.4 is 15.2 Å². The largest absolute Gasteiger partial charge is 0.475 e. The minimum Gasteiger partial charge on any atom is -0.475 e. The molecule has 0 unspecified atom stereocenters. The third-order valence-electron chi connectivity index (χ3n) is 9.08. The molecule has 0 saturated heterocycles. The number of carbonyl (C=O) groups is 1. The molecule has 0 radical (unpaired) electrons. The van der Waals surface area contributed by atoms with Crippen molar-refractivity contribution in [2.75, 3.05) is 11.3 Å². The summed E-state index contributed by atoms with van der Waals surface area (Å²) in [5.74, 6) is -0.0260. The number of amides is 1. The fourth-order valence-electron chi connectivity index (χ4n) is 7.29. The Balaban J connectivity index is 1.47. The van der Waals surface area contributed by atoms with Crippen LogP contribution in [0.25, 0.3) is 11.3 Å². The van der Waals surface area contributed by atoms with Gasteiger partial charge in [0.1, 0.15) is 6.61 Å². The molecular formula is C33H41N5O4S. The van der Waals surface area contributed by atoms with Crippen LogP contribution in [-0.4, -0.2) is 53.9 Å². The van der Waals surface area contributed by atoms with Crippen molar-refractivity contribution >= 4 is 21.9 Å². The molecule has 2 saturated carbocycles. The van der Waals surface area contributed by atoms with E-state index in [0.717, 1.165) is 42.4 Å². The molecule has 228 valence electrons. The van der Waals surface area contributed by atoms with Gasteiger partial charge in [0, 0.05) is 29.3 Å². The lowest BCUT2D eigenvalue weighted by molar-refractivity contribution is -0.0737. The number of hydrogen-bond acceptors (Lipinski definition) is 7. The van der Waals surface area contributed by atoms with Crippen molar-refractivity contribution in [3.8, 4) is 17.1 Å². The van der Waals surface area contributed by atoms with Crippen molar-refractivity contribution in [2.24, 2.45) is 16.6 Å². The van der Waals surface area contributed by atoms with E-state index in [1.165, 1.54) is 12.1 Å². The van der Waals surface area contributed by atoms with Crippen LogP contribution in [0.15, 0.2) is 53.4 Å². The highest BCUT2D eigenvalue weighted by molar-refractivity contribution is 7.92. The maximum Gasteiger partial charge on any atom is 0.264 e. The Kier molecular flexibility index (Phi) is 7.28. The van der Waals surface area contributed by atoms with Crippen LogP contribution in [0.3, 0.4) is 0 Å². The molecule has 6 rings (SSSR count). The number of nitrogens with zero attached hydrogens (tertiary/aromatic N) is 3. The number of aryl methyl sites for hydroxylation is 2. The van der Waals surface area contributed by atoms with Crippen LogP contribution in [0.4, 0.5) is 5.95 Å². The SMILES string of the molecule is Cc1cccc(C)c1-c1cc2nc(n1)NS(=O)(=O)c1cccc(c1)C(=O)N([C@H]1CC3(C[C@@H](N)C3)C1)[C@H](CC(C)(C)C)CO2.